The average molecular weight is 409 g/mol. The van der Waals surface area contributed by atoms with Gasteiger partial charge in [-0.15, -0.1) is 0 Å². The Kier molecular flexibility index (Phi) is 4.80. The van der Waals surface area contributed by atoms with Crippen LogP contribution in [0.2, 0.25) is 0 Å². The van der Waals surface area contributed by atoms with E-state index in [1.165, 1.54) is 6.07 Å². The van der Waals surface area contributed by atoms with Crippen LogP contribution in [0.5, 0.6) is 0 Å². The van der Waals surface area contributed by atoms with E-state index in [1.54, 1.807) is 18.2 Å². The number of primary amides is 1. The Balaban J connectivity index is 1.99. The number of nitrogens with two attached hydrogens (primary N) is 1. The van der Waals surface area contributed by atoms with Crippen LogP contribution < -0.4 is 5.73 Å². The van der Waals surface area contributed by atoms with Crippen LogP contribution in [-0.2, 0) is 12.7 Å². The molecule has 0 fully saturated rings. The number of hydrogen-bond acceptors (Lipinski definition) is 1. The van der Waals surface area contributed by atoms with E-state index in [2.05, 4.69) is 19.9 Å². The Labute approximate surface area is 171 Å². The van der Waals surface area contributed by atoms with Gasteiger partial charge in [-0.1, -0.05) is 38.1 Å². The summed E-state index contributed by atoms with van der Waals surface area (Å²) in [7, 11) is 0. The number of alkyl halides is 3. The molecule has 0 saturated carbocycles. The molecule has 0 aliphatic rings. The maximum Gasteiger partial charge on any atom is 0.416 e. The van der Waals surface area contributed by atoms with Gasteiger partial charge in [0.25, 0.3) is 0 Å². The van der Waals surface area contributed by atoms with Crippen LogP contribution in [0.3, 0.4) is 0 Å². The fourth-order valence-electron chi connectivity index (χ4n) is 3.81. The number of carbonyl (C=O) groups excluding carboxylic acids is 1. The monoisotopic (exact) mass is 409 g/mol. The summed E-state index contributed by atoms with van der Waals surface area (Å²) in [6.07, 6.45) is -4.41. The smallest absolute Gasteiger partial charge is 0.366 e. The van der Waals surface area contributed by atoms with Crippen molar-refractivity contribution in [3.05, 3.63) is 82.9 Å². The van der Waals surface area contributed by atoms with Gasteiger partial charge < -0.3 is 10.3 Å². The number of rotatable bonds is 4. The van der Waals surface area contributed by atoms with Crippen molar-refractivity contribution in [1.29, 1.82) is 0 Å². The van der Waals surface area contributed by atoms with Crippen molar-refractivity contribution in [1.82, 2.24) is 4.57 Å². The molecule has 2 N–H and O–H groups in total. The molecule has 0 saturated heterocycles. The minimum atomic E-state index is -4.41. The number of amides is 1. The molecule has 4 aromatic rings. The van der Waals surface area contributed by atoms with Crippen molar-refractivity contribution < 1.29 is 18.0 Å². The molecule has 3 aromatic carbocycles. The minimum Gasteiger partial charge on any atom is -0.366 e. The van der Waals surface area contributed by atoms with Gasteiger partial charge >= 0.3 is 6.18 Å². The predicted octanol–water partition coefficient (Wildman–Crippen LogP) is 5.88. The summed E-state index contributed by atoms with van der Waals surface area (Å²) in [6.45, 7) is 4.34. The van der Waals surface area contributed by atoms with Crippen molar-refractivity contribution in [2.24, 2.45) is 5.73 Å². The van der Waals surface area contributed by atoms with Crippen LogP contribution in [0.15, 0.2) is 54.6 Å². The molecule has 0 atom stereocenters. The van der Waals surface area contributed by atoms with Gasteiger partial charge in [0.05, 0.1) is 16.6 Å². The lowest BCUT2D eigenvalue weighted by Crippen LogP contribution is -2.11. The van der Waals surface area contributed by atoms with E-state index < -0.39 is 17.6 Å². The van der Waals surface area contributed by atoms with E-state index in [0.717, 1.165) is 34.1 Å². The minimum absolute atomic E-state index is 0.224. The highest BCUT2D eigenvalue weighted by atomic mass is 19.4. The third kappa shape index (κ3) is 3.43. The van der Waals surface area contributed by atoms with Crippen LogP contribution in [-0.4, -0.2) is 10.5 Å². The number of fused-ring (bicyclic) bond motifs is 3. The zero-order chi connectivity index (χ0) is 21.6. The maximum absolute atomic E-state index is 13.2. The topological polar surface area (TPSA) is 48.0 Å². The molecule has 0 bridgehead atoms. The average Bonchev–Trinajstić information content (AvgIpc) is 3.00. The molecule has 0 aliphatic carbocycles. The van der Waals surface area contributed by atoms with Crippen molar-refractivity contribution >= 4 is 27.7 Å². The molecule has 3 nitrogen and oxygen atoms in total. The number of nitrogens with zero attached hydrogens (tertiary/aromatic N) is 1. The fraction of sp³-hybridized carbons (Fsp3) is 0.208. The standard InChI is InChI=1S/C24H20F3N2O/c1-14(2)16-9-10-18-21(12-16)29(20-8-4-7-19(22(18)20)23(28)30)13-15-5-3-6-17(11-15)24(25,26)27/h3-9,11-12,14H,13H2,1-2H3,(H2,28,30). The van der Waals surface area contributed by atoms with Gasteiger partial charge in [-0.05, 0) is 53.4 Å². The molecule has 6 heteroatoms. The van der Waals surface area contributed by atoms with Gasteiger partial charge in [-0.2, -0.15) is 13.2 Å². The molecule has 0 aliphatic heterocycles. The van der Waals surface area contributed by atoms with E-state index >= 15 is 0 Å². The lowest BCUT2D eigenvalue weighted by molar-refractivity contribution is -0.137. The molecular weight excluding hydrogens is 389 g/mol. The van der Waals surface area contributed by atoms with E-state index in [-0.39, 0.29) is 12.5 Å². The first-order chi connectivity index (χ1) is 14.2. The Morgan fingerprint density at radius 1 is 1.10 bits per heavy atom. The highest BCUT2D eigenvalue weighted by Crippen LogP contribution is 2.35. The van der Waals surface area contributed by atoms with Gasteiger partial charge in [0, 0.05) is 22.9 Å². The van der Waals surface area contributed by atoms with Crippen molar-refractivity contribution in [3.63, 3.8) is 0 Å². The van der Waals surface area contributed by atoms with E-state index in [9.17, 15) is 18.0 Å². The third-order valence-electron chi connectivity index (χ3n) is 5.34. The third-order valence-corrected chi connectivity index (χ3v) is 5.34. The Morgan fingerprint density at radius 2 is 1.83 bits per heavy atom. The summed E-state index contributed by atoms with van der Waals surface area (Å²) in [5, 5.41) is 1.40. The molecule has 0 unspecified atom stereocenters. The van der Waals surface area contributed by atoms with E-state index in [0.29, 0.717) is 16.5 Å². The zero-order valence-corrected chi connectivity index (χ0v) is 16.5. The van der Waals surface area contributed by atoms with Gasteiger partial charge in [0.2, 0.25) is 5.91 Å². The summed E-state index contributed by atoms with van der Waals surface area (Å²) in [6, 6.07) is 17.7. The van der Waals surface area contributed by atoms with Crippen LogP contribution in [0.4, 0.5) is 13.2 Å². The summed E-state index contributed by atoms with van der Waals surface area (Å²) >= 11 is 0. The number of halogens is 3. The second-order valence-electron chi connectivity index (χ2n) is 7.70. The molecule has 0 spiro atoms. The largest absolute Gasteiger partial charge is 0.416 e. The molecule has 4 rings (SSSR count). The Morgan fingerprint density at radius 3 is 2.50 bits per heavy atom. The maximum atomic E-state index is 13.2. The molecular formula is C24H20F3N2O. The Bertz CT molecular complexity index is 1270. The van der Waals surface area contributed by atoms with Crippen molar-refractivity contribution in [2.45, 2.75) is 32.5 Å². The normalized spacial score (nSPS) is 12.2. The first kappa shape index (κ1) is 20.0. The van der Waals surface area contributed by atoms with E-state index in [1.807, 2.05) is 22.8 Å². The van der Waals surface area contributed by atoms with Crippen LogP contribution in [0, 0.1) is 6.07 Å². The van der Waals surface area contributed by atoms with Crippen LogP contribution in [0.25, 0.3) is 21.8 Å². The highest BCUT2D eigenvalue weighted by molar-refractivity contribution is 6.17. The number of hydrogen-bond donors (Lipinski definition) is 1. The summed E-state index contributed by atoms with van der Waals surface area (Å²) < 4.78 is 41.4. The first-order valence-electron chi connectivity index (χ1n) is 9.59. The SMILES string of the molecule is CC(C)c1c[c]c2c3c(C(N)=O)cccc3n(Cc3cccc(C(F)(F)F)c3)c2c1. The zero-order valence-electron chi connectivity index (χ0n) is 16.5. The van der Waals surface area contributed by atoms with Gasteiger partial charge in [-0.25, -0.2) is 0 Å². The molecule has 1 radical (unpaired) electrons. The lowest BCUT2D eigenvalue weighted by Gasteiger charge is -2.12. The highest BCUT2D eigenvalue weighted by Gasteiger charge is 2.30. The lowest BCUT2D eigenvalue weighted by atomic mass is 10.00. The summed E-state index contributed by atoms with van der Waals surface area (Å²) in [5.74, 6) is -0.304. The first-order valence-corrected chi connectivity index (χ1v) is 9.59. The number of carbonyl (C=O) groups is 1. The van der Waals surface area contributed by atoms with Crippen molar-refractivity contribution in [2.75, 3.05) is 0 Å². The molecule has 30 heavy (non-hydrogen) atoms. The fourth-order valence-corrected chi connectivity index (χ4v) is 3.81. The predicted molar refractivity (Wildman–Crippen MR) is 111 cm³/mol. The van der Waals surface area contributed by atoms with E-state index in [4.69, 9.17) is 5.73 Å². The quantitative estimate of drug-likeness (QED) is 0.449. The summed E-state index contributed by atoms with van der Waals surface area (Å²) in [4.78, 5) is 12.0. The molecule has 1 amide bonds. The second kappa shape index (κ2) is 7.20. The second-order valence-corrected chi connectivity index (χ2v) is 7.70. The van der Waals surface area contributed by atoms with Gasteiger partial charge in [0.15, 0.2) is 0 Å². The van der Waals surface area contributed by atoms with Crippen molar-refractivity contribution in [3.8, 4) is 0 Å². The molecule has 153 valence electrons. The van der Waals surface area contributed by atoms with Crippen LogP contribution in [0.1, 0.15) is 46.8 Å². The summed E-state index contributed by atoms with van der Waals surface area (Å²) in [5.41, 5.74) is 8.38. The van der Waals surface area contributed by atoms with Gasteiger partial charge in [0.1, 0.15) is 0 Å². The number of benzene rings is 3. The Hall–Kier alpha value is -3.28. The van der Waals surface area contributed by atoms with Crippen LogP contribution >= 0.6 is 0 Å². The molecule has 1 aromatic heterocycles. The van der Waals surface area contributed by atoms with Gasteiger partial charge in [-0.3, -0.25) is 4.79 Å². The molecule has 1 heterocycles. The number of aromatic nitrogens is 1.